The number of amides is 1. The largest absolute Gasteiger partial charge is 0.465 e. The van der Waals surface area contributed by atoms with Gasteiger partial charge in [0.2, 0.25) is 0 Å². The Bertz CT molecular complexity index is 259. The van der Waals surface area contributed by atoms with Crippen molar-refractivity contribution in [2.45, 2.75) is 25.4 Å². The maximum atomic E-state index is 10.6. The molecule has 1 unspecified atom stereocenters. The predicted octanol–water partition coefficient (Wildman–Crippen LogP) is 0.761. The van der Waals surface area contributed by atoms with E-state index in [1.165, 1.54) is 4.90 Å². The molecule has 0 aromatic rings. The minimum atomic E-state index is -1.11. The van der Waals surface area contributed by atoms with Crippen LogP contribution in [-0.2, 0) is 0 Å². The molecule has 1 heterocycles. The Morgan fingerprint density at radius 3 is 2.43 bits per heavy atom. The van der Waals surface area contributed by atoms with Gasteiger partial charge in [-0.3, -0.25) is 0 Å². The maximum absolute atomic E-state index is 10.6. The second-order valence-corrected chi connectivity index (χ2v) is 3.84. The van der Waals surface area contributed by atoms with Crippen molar-refractivity contribution in [2.24, 2.45) is 5.92 Å². The Morgan fingerprint density at radius 1 is 1.57 bits per heavy atom. The molecule has 1 aliphatic heterocycles. The van der Waals surface area contributed by atoms with Gasteiger partial charge in [0.1, 0.15) is 5.60 Å². The highest BCUT2D eigenvalue weighted by Crippen LogP contribution is 2.27. The van der Waals surface area contributed by atoms with Crippen LogP contribution in [0.25, 0.3) is 0 Å². The molecule has 0 bridgehead atoms. The topological polar surface area (TPSA) is 60.8 Å². The summed E-state index contributed by atoms with van der Waals surface area (Å²) in [6, 6.07) is 0. The van der Waals surface area contributed by atoms with Gasteiger partial charge in [-0.25, -0.2) is 4.79 Å². The molecule has 0 saturated carbocycles. The molecule has 1 aliphatic rings. The van der Waals surface area contributed by atoms with Gasteiger partial charge in [-0.15, -0.1) is 6.42 Å². The highest BCUT2D eigenvalue weighted by Gasteiger charge is 2.33. The lowest BCUT2D eigenvalue weighted by atomic mass is 9.82. The van der Waals surface area contributed by atoms with Gasteiger partial charge in [0, 0.05) is 19.0 Å². The van der Waals surface area contributed by atoms with Gasteiger partial charge in [-0.05, 0) is 19.8 Å². The van der Waals surface area contributed by atoms with Crippen LogP contribution in [0.1, 0.15) is 19.8 Å². The molecule has 78 valence electrons. The minimum Gasteiger partial charge on any atom is -0.465 e. The number of rotatable bonds is 1. The lowest BCUT2D eigenvalue weighted by molar-refractivity contribution is 0.0206. The van der Waals surface area contributed by atoms with E-state index in [2.05, 4.69) is 5.92 Å². The summed E-state index contributed by atoms with van der Waals surface area (Å²) < 4.78 is 0. The van der Waals surface area contributed by atoms with Crippen molar-refractivity contribution >= 4 is 6.09 Å². The molecular weight excluding hydrogens is 182 g/mol. The molecule has 1 amide bonds. The first-order valence-electron chi connectivity index (χ1n) is 4.65. The highest BCUT2D eigenvalue weighted by molar-refractivity contribution is 5.65. The van der Waals surface area contributed by atoms with E-state index >= 15 is 0 Å². The molecule has 14 heavy (non-hydrogen) atoms. The van der Waals surface area contributed by atoms with E-state index < -0.39 is 11.7 Å². The zero-order valence-corrected chi connectivity index (χ0v) is 8.23. The molecule has 4 nitrogen and oxygen atoms in total. The number of terminal acetylenes is 1. The second kappa shape index (κ2) is 3.89. The molecule has 1 atom stereocenters. The molecule has 0 aromatic carbocycles. The molecule has 0 aliphatic carbocycles. The van der Waals surface area contributed by atoms with Crippen molar-refractivity contribution in [2.75, 3.05) is 13.1 Å². The van der Waals surface area contributed by atoms with Gasteiger partial charge < -0.3 is 15.1 Å². The zero-order valence-electron chi connectivity index (χ0n) is 8.23. The number of hydrogen-bond acceptors (Lipinski definition) is 2. The van der Waals surface area contributed by atoms with Crippen molar-refractivity contribution in [1.29, 1.82) is 0 Å². The average molecular weight is 197 g/mol. The first-order valence-corrected chi connectivity index (χ1v) is 4.65. The quantitative estimate of drug-likeness (QED) is 0.610. The SMILES string of the molecule is C#CC(C)(O)C1CCN(C(=O)O)CC1. The molecule has 1 saturated heterocycles. The number of nitrogens with zero attached hydrogens (tertiary/aromatic N) is 1. The summed E-state index contributed by atoms with van der Waals surface area (Å²) in [5, 5.41) is 18.5. The third-order valence-corrected chi connectivity index (χ3v) is 2.85. The number of carbonyl (C=O) groups is 1. The summed E-state index contributed by atoms with van der Waals surface area (Å²) in [7, 11) is 0. The zero-order chi connectivity index (χ0) is 10.8. The smallest absolute Gasteiger partial charge is 0.407 e. The summed E-state index contributed by atoms with van der Waals surface area (Å²) in [6.45, 7) is 2.52. The van der Waals surface area contributed by atoms with Crippen molar-refractivity contribution in [3.05, 3.63) is 0 Å². The fourth-order valence-electron chi connectivity index (χ4n) is 1.75. The molecule has 1 rings (SSSR count). The lowest BCUT2D eigenvalue weighted by Gasteiger charge is -2.35. The van der Waals surface area contributed by atoms with Gasteiger partial charge in [-0.1, -0.05) is 5.92 Å². The van der Waals surface area contributed by atoms with Crippen molar-refractivity contribution < 1.29 is 15.0 Å². The van der Waals surface area contributed by atoms with Crippen LogP contribution in [0.4, 0.5) is 4.79 Å². The van der Waals surface area contributed by atoms with Crippen LogP contribution >= 0.6 is 0 Å². The van der Waals surface area contributed by atoms with E-state index in [4.69, 9.17) is 11.5 Å². The molecule has 1 fully saturated rings. The Labute approximate surface area is 83.5 Å². The van der Waals surface area contributed by atoms with E-state index in [1.807, 2.05) is 0 Å². The number of aliphatic hydroxyl groups is 1. The molecule has 0 radical (unpaired) electrons. The van der Waals surface area contributed by atoms with Gasteiger partial charge in [0.05, 0.1) is 0 Å². The van der Waals surface area contributed by atoms with Crippen LogP contribution in [0.15, 0.2) is 0 Å². The predicted molar refractivity (Wildman–Crippen MR) is 51.8 cm³/mol. The first-order chi connectivity index (χ1) is 6.47. The van der Waals surface area contributed by atoms with Crippen molar-refractivity contribution in [1.82, 2.24) is 4.90 Å². The normalized spacial score (nSPS) is 22.5. The Balaban J connectivity index is 2.52. The van der Waals surface area contributed by atoms with Gasteiger partial charge in [0.15, 0.2) is 0 Å². The van der Waals surface area contributed by atoms with Crippen LogP contribution < -0.4 is 0 Å². The fraction of sp³-hybridized carbons (Fsp3) is 0.700. The molecule has 0 spiro atoms. The third-order valence-electron chi connectivity index (χ3n) is 2.85. The summed E-state index contributed by atoms with van der Waals surface area (Å²) in [5.41, 5.74) is -1.11. The Kier molecular flexibility index (Phi) is 3.02. The van der Waals surface area contributed by atoms with Crippen LogP contribution in [0, 0.1) is 18.3 Å². The Hall–Kier alpha value is -1.21. The van der Waals surface area contributed by atoms with E-state index in [1.54, 1.807) is 6.92 Å². The van der Waals surface area contributed by atoms with Crippen LogP contribution in [0.2, 0.25) is 0 Å². The van der Waals surface area contributed by atoms with Crippen molar-refractivity contribution in [3.8, 4) is 12.3 Å². The molecule has 0 aromatic heterocycles. The van der Waals surface area contributed by atoms with Crippen LogP contribution in [-0.4, -0.2) is 39.9 Å². The van der Waals surface area contributed by atoms with Crippen LogP contribution in [0.3, 0.4) is 0 Å². The lowest BCUT2D eigenvalue weighted by Crippen LogP contribution is -2.44. The average Bonchev–Trinajstić information content (AvgIpc) is 2.18. The fourth-order valence-corrected chi connectivity index (χ4v) is 1.75. The van der Waals surface area contributed by atoms with E-state index in [0.29, 0.717) is 25.9 Å². The Morgan fingerprint density at radius 2 is 2.07 bits per heavy atom. The van der Waals surface area contributed by atoms with Crippen LogP contribution in [0.5, 0.6) is 0 Å². The van der Waals surface area contributed by atoms with Gasteiger partial charge in [0.25, 0.3) is 0 Å². The summed E-state index contributed by atoms with van der Waals surface area (Å²) in [6.07, 6.45) is 5.56. The number of piperidine rings is 1. The second-order valence-electron chi connectivity index (χ2n) is 3.84. The first kappa shape index (κ1) is 10.9. The molecule has 4 heteroatoms. The summed E-state index contributed by atoms with van der Waals surface area (Å²) >= 11 is 0. The maximum Gasteiger partial charge on any atom is 0.407 e. The third kappa shape index (κ3) is 2.18. The van der Waals surface area contributed by atoms with E-state index in [9.17, 15) is 9.90 Å². The molecule has 2 N–H and O–H groups in total. The number of likely N-dealkylation sites (tertiary alicyclic amines) is 1. The number of carboxylic acid groups (broad SMARTS) is 1. The van der Waals surface area contributed by atoms with Gasteiger partial charge in [-0.2, -0.15) is 0 Å². The van der Waals surface area contributed by atoms with Gasteiger partial charge >= 0.3 is 6.09 Å². The monoisotopic (exact) mass is 197 g/mol. The highest BCUT2D eigenvalue weighted by atomic mass is 16.4. The summed E-state index contributed by atoms with van der Waals surface area (Å²) in [4.78, 5) is 12.0. The number of hydrogen-bond donors (Lipinski definition) is 2. The van der Waals surface area contributed by atoms with Crippen molar-refractivity contribution in [3.63, 3.8) is 0 Å². The summed E-state index contributed by atoms with van der Waals surface area (Å²) in [5.74, 6) is 2.35. The van der Waals surface area contributed by atoms with E-state index in [-0.39, 0.29) is 5.92 Å². The molecular formula is C10H15NO3. The standard InChI is InChI=1S/C10H15NO3/c1-3-10(2,14)8-4-6-11(7-5-8)9(12)13/h1,8,14H,4-7H2,2H3,(H,12,13). The minimum absolute atomic E-state index is 0.00287. The van der Waals surface area contributed by atoms with E-state index in [0.717, 1.165) is 0 Å².